The second kappa shape index (κ2) is 11.3. The van der Waals surface area contributed by atoms with Crippen molar-refractivity contribution in [2.45, 2.75) is 33.1 Å². The van der Waals surface area contributed by atoms with Gasteiger partial charge in [0.2, 0.25) is 5.65 Å². The molecule has 0 unspecified atom stereocenters. The minimum atomic E-state index is -0.366. The van der Waals surface area contributed by atoms with Crippen molar-refractivity contribution in [1.29, 1.82) is 0 Å². The molecule has 2 heterocycles. The first-order chi connectivity index (χ1) is 15.1. The summed E-state index contributed by atoms with van der Waals surface area (Å²) in [6.07, 6.45) is 2.12. The zero-order chi connectivity index (χ0) is 22.1. The number of aryl methyl sites for hydroxylation is 1. The Morgan fingerprint density at radius 1 is 1.13 bits per heavy atom. The number of fused-ring (bicyclic) bond motifs is 3. The van der Waals surface area contributed by atoms with Gasteiger partial charge in [-0.1, -0.05) is 6.92 Å². The molecule has 10 nitrogen and oxygen atoms in total. The van der Waals surface area contributed by atoms with Crippen molar-refractivity contribution in [3.8, 4) is 5.75 Å². The molecule has 0 aliphatic heterocycles. The minimum absolute atomic E-state index is 0.366. The van der Waals surface area contributed by atoms with Crippen molar-refractivity contribution in [2.24, 2.45) is 0 Å². The van der Waals surface area contributed by atoms with Crippen LogP contribution in [0.2, 0.25) is 0 Å². The van der Waals surface area contributed by atoms with Crippen molar-refractivity contribution in [1.82, 2.24) is 24.9 Å². The smallest absolute Gasteiger partial charge is 0.407 e. The number of anilines is 1. The number of benzene rings is 1. The second-order valence-corrected chi connectivity index (χ2v) is 7.06. The second-order valence-electron chi connectivity index (χ2n) is 7.06. The average Bonchev–Trinajstić information content (AvgIpc) is 3.16. The summed E-state index contributed by atoms with van der Waals surface area (Å²) in [5, 5.41) is 14.6. The van der Waals surface area contributed by atoms with Crippen molar-refractivity contribution < 1.29 is 19.0 Å². The number of alkyl carbamates (subject to hydrolysis) is 1. The van der Waals surface area contributed by atoms with E-state index in [0.29, 0.717) is 44.4 Å². The molecule has 3 rings (SSSR count). The van der Waals surface area contributed by atoms with Gasteiger partial charge in [0.1, 0.15) is 18.2 Å². The topological polar surface area (TPSA) is 112 Å². The molecule has 0 atom stereocenters. The van der Waals surface area contributed by atoms with Gasteiger partial charge >= 0.3 is 6.09 Å². The van der Waals surface area contributed by atoms with Crippen molar-refractivity contribution in [2.75, 3.05) is 45.3 Å². The number of unbranched alkanes of at least 4 members (excludes halogenated alkanes) is 1. The molecule has 0 bridgehead atoms. The standard InChI is InChI=1S/C21H30N6O4/c1-4-11-31-21(28)23-10-6-5-9-22-19-20-26-25-15(2)27(20)18-8-7-16(14-17(18)24-19)30-13-12-29-3/h7-8,14H,4-6,9-13H2,1-3H3,(H,22,24)(H,23,28). The van der Waals surface area contributed by atoms with E-state index in [1.54, 1.807) is 7.11 Å². The fourth-order valence-corrected chi connectivity index (χ4v) is 3.10. The van der Waals surface area contributed by atoms with E-state index in [2.05, 4.69) is 20.8 Å². The van der Waals surface area contributed by atoms with Gasteiger partial charge in [0.15, 0.2) is 5.82 Å². The van der Waals surface area contributed by atoms with Gasteiger partial charge in [0, 0.05) is 26.3 Å². The van der Waals surface area contributed by atoms with Crippen LogP contribution in [0.5, 0.6) is 5.75 Å². The third-order valence-corrected chi connectivity index (χ3v) is 4.62. The number of hydrogen-bond donors (Lipinski definition) is 2. The summed E-state index contributed by atoms with van der Waals surface area (Å²) in [6.45, 7) is 6.56. The van der Waals surface area contributed by atoms with Crippen LogP contribution in [0.15, 0.2) is 18.2 Å². The molecule has 168 valence electrons. The summed E-state index contributed by atoms with van der Waals surface area (Å²) in [6, 6.07) is 5.77. The van der Waals surface area contributed by atoms with E-state index in [-0.39, 0.29) is 6.09 Å². The molecule has 2 aromatic heterocycles. The quantitative estimate of drug-likeness (QED) is 0.422. The minimum Gasteiger partial charge on any atom is -0.491 e. The number of carbonyl (C=O) groups is 1. The lowest BCUT2D eigenvalue weighted by Crippen LogP contribution is -2.25. The van der Waals surface area contributed by atoms with E-state index < -0.39 is 0 Å². The Morgan fingerprint density at radius 2 is 1.97 bits per heavy atom. The van der Waals surface area contributed by atoms with E-state index in [1.807, 2.05) is 36.4 Å². The summed E-state index contributed by atoms with van der Waals surface area (Å²) in [7, 11) is 1.64. The molecule has 1 aromatic carbocycles. The Morgan fingerprint density at radius 3 is 2.77 bits per heavy atom. The van der Waals surface area contributed by atoms with E-state index in [4.69, 9.17) is 19.2 Å². The lowest BCUT2D eigenvalue weighted by Gasteiger charge is -2.11. The summed E-state index contributed by atoms with van der Waals surface area (Å²) in [5.74, 6) is 2.18. The van der Waals surface area contributed by atoms with Crippen LogP contribution in [0.3, 0.4) is 0 Å². The highest BCUT2D eigenvalue weighted by Crippen LogP contribution is 2.25. The van der Waals surface area contributed by atoms with Crippen LogP contribution in [0, 0.1) is 6.92 Å². The molecule has 0 radical (unpaired) electrons. The van der Waals surface area contributed by atoms with Gasteiger partial charge in [-0.2, -0.15) is 0 Å². The highest BCUT2D eigenvalue weighted by Gasteiger charge is 2.13. The highest BCUT2D eigenvalue weighted by atomic mass is 16.5. The van der Waals surface area contributed by atoms with Gasteiger partial charge < -0.3 is 24.8 Å². The molecule has 0 aliphatic carbocycles. The first-order valence-electron chi connectivity index (χ1n) is 10.6. The fraction of sp³-hybridized carbons (Fsp3) is 0.524. The SMILES string of the molecule is CCCOC(=O)NCCCCNc1nc2cc(OCCOC)ccc2n2c(C)nnc12. The first kappa shape index (κ1) is 22.5. The van der Waals surface area contributed by atoms with Gasteiger partial charge in [0.05, 0.1) is 24.2 Å². The maximum Gasteiger partial charge on any atom is 0.407 e. The number of methoxy groups -OCH3 is 1. The molecule has 0 saturated heterocycles. The van der Waals surface area contributed by atoms with Crippen LogP contribution in [0.1, 0.15) is 32.0 Å². The summed E-state index contributed by atoms with van der Waals surface area (Å²) < 4.78 is 17.7. The van der Waals surface area contributed by atoms with Gasteiger partial charge in [-0.3, -0.25) is 4.40 Å². The normalized spacial score (nSPS) is 11.1. The molecule has 3 aromatic rings. The maximum atomic E-state index is 11.4. The lowest BCUT2D eigenvalue weighted by molar-refractivity contribution is 0.146. The lowest BCUT2D eigenvalue weighted by atomic mass is 10.2. The van der Waals surface area contributed by atoms with Gasteiger partial charge in [0.25, 0.3) is 0 Å². The Kier molecular flexibility index (Phi) is 8.22. The van der Waals surface area contributed by atoms with Crippen molar-refractivity contribution >= 4 is 28.6 Å². The first-order valence-corrected chi connectivity index (χ1v) is 10.6. The Hall–Kier alpha value is -3.14. The largest absolute Gasteiger partial charge is 0.491 e. The number of nitrogens with zero attached hydrogens (tertiary/aromatic N) is 4. The van der Waals surface area contributed by atoms with E-state index in [9.17, 15) is 4.79 Å². The Bertz CT molecular complexity index is 1010. The molecule has 1 amide bonds. The fourth-order valence-electron chi connectivity index (χ4n) is 3.10. The predicted octanol–water partition coefficient (Wildman–Crippen LogP) is 2.94. The molecule has 31 heavy (non-hydrogen) atoms. The zero-order valence-corrected chi connectivity index (χ0v) is 18.3. The summed E-state index contributed by atoms with van der Waals surface area (Å²) in [4.78, 5) is 16.2. The molecule has 10 heteroatoms. The summed E-state index contributed by atoms with van der Waals surface area (Å²) >= 11 is 0. The Labute approximate surface area is 181 Å². The van der Waals surface area contributed by atoms with Crippen LogP contribution in [0.4, 0.5) is 10.6 Å². The van der Waals surface area contributed by atoms with Crippen LogP contribution >= 0.6 is 0 Å². The van der Waals surface area contributed by atoms with Crippen LogP contribution in [0.25, 0.3) is 16.7 Å². The number of rotatable bonds is 12. The number of amides is 1. The monoisotopic (exact) mass is 430 g/mol. The third-order valence-electron chi connectivity index (χ3n) is 4.62. The van der Waals surface area contributed by atoms with Crippen molar-refractivity contribution in [3.63, 3.8) is 0 Å². The van der Waals surface area contributed by atoms with Crippen LogP contribution < -0.4 is 15.4 Å². The number of ether oxygens (including phenoxy) is 3. The number of carbonyl (C=O) groups excluding carboxylic acids is 1. The molecule has 2 N–H and O–H groups in total. The van der Waals surface area contributed by atoms with Crippen LogP contribution in [-0.4, -0.2) is 65.7 Å². The van der Waals surface area contributed by atoms with E-state index >= 15 is 0 Å². The van der Waals surface area contributed by atoms with Crippen LogP contribution in [-0.2, 0) is 9.47 Å². The average molecular weight is 431 g/mol. The van der Waals surface area contributed by atoms with Gasteiger partial charge in [-0.25, -0.2) is 9.78 Å². The third kappa shape index (κ3) is 5.94. The van der Waals surface area contributed by atoms with Gasteiger partial charge in [-0.05, 0) is 38.3 Å². The Balaban J connectivity index is 1.64. The highest BCUT2D eigenvalue weighted by molar-refractivity contribution is 5.84. The number of nitrogens with one attached hydrogen (secondary N) is 2. The molecular formula is C21H30N6O4. The molecule has 0 fully saturated rings. The summed E-state index contributed by atoms with van der Waals surface area (Å²) in [5.41, 5.74) is 2.38. The molecule has 0 spiro atoms. The number of hydrogen-bond acceptors (Lipinski definition) is 8. The predicted molar refractivity (Wildman–Crippen MR) is 118 cm³/mol. The maximum absolute atomic E-state index is 11.4. The molecular weight excluding hydrogens is 400 g/mol. The molecule has 0 saturated carbocycles. The van der Waals surface area contributed by atoms with Gasteiger partial charge in [-0.15, -0.1) is 10.2 Å². The van der Waals surface area contributed by atoms with E-state index in [1.165, 1.54) is 0 Å². The number of aromatic nitrogens is 4. The zero-order valence-electron chi connectivity index (χ0n) is 18.3. The van der Waals surface area contributed by atoms with Crippen molar-refractivity contribution in [3.05, 3.63) is 24.0 Å². The molecule has 0 aliphatic rings. The van der Waals surface area contributed by atoms with E-state index in [0.717, 1.165) is 41.9 Å².